The van der Waals surface area contributed by atoms with E-state index in [1.165, 1.54) is 7.11 Å². The van der Waals surface area contributed by atoms with Gasteiger partial charge in [-0.2, -0.15) is 0 Å². The van der Waals surface area contributed by atoms with Crippen molar-refractivity contribution in [2.75, 3.05) is 21.3 Å². The lowest BCUT2D eigenvalue weighted by molar-refractivity contribution is -0.596. The summed E-state index contributed by atoms with van der Waals surface area (Å²) in [6.07, 6.45) is 1.77. The van der Waals surface area contributed by atoms with Crippen LogP contribution >= 0.6 is 0 Å². The molecule has 2 amide bonds. The molecule has 0 aromatic heterocycles. The third-order valence-electron chi connectivity index (χ3n) is 5.58. The van der Waals surface area contributed by atoms with Gasteiger partial charge in [-0.15, -0.1) is 10.1 Å². The Balaban J connectivity index is 1.74. The largest absolute Gasteiger partial charge is 0.493 e. The number of hydrogen-bond donors (Lipinski definition) is 2. The van der Waals surface area contributed by atoms with E-state index >= 15 is 0 Å². The van der Waals surface area contributed by atoms with Crippen molar-refractivity contribution >= 4 is 18.0 Å². The number of nitrogens with zero attached hydrogens (tertiary/aromatic N) is 1. The number of rotatable bonds is 7. The number of hydrogen-bond acceptors (Lipinski definition) is 5. The molecule has 0 bridgehead atoms. The number of carbonyl (C=O) groups is 2. The van der Waals surface area contributed by atoms with Crippen molar-refractivity contribution in [2.24, 2.45) is 0 Å². The monoisotopic (exact) mass is 460 g/mol. The number of carbonyl (C=O) groups excluding carboxylic acids is 2. The highest BCUT2D eigenvalue weighted by atomic mass is 16.5. The minimum absolute atomic E-state index is 0.318. The molecule has 0 spiro atoms. The van der Waals surface area contributed by atoms with Gasteiger partial charge < -0.3 is 19.5 Å². The fraction of sp³-hybridized carbons (Fsp3) is 0.192. The lowest BCUT2D eigenvalue weighted by Gasteiger charge is -2.15. The molecule has 174 valence electrons. The molecular weight excluding hydrogens is 434 g/mol. The molecule has 0 aliphatic carbocycles. The van der Waals surface area contributed by atoms with Gasteiger partial charge in [0.05, 0.1) is 21.3 Å². The first-order valence-corrected chi connectivity index (χ1v) is 10.7. The highest BCUT2D eigenvalue weighted by molar-refractivity contribution is 5.98. The predicted octanol–water partition coefficient (Wildman–Crippen LogP) is 2.73. The first kappa shape index (κ1) is 22.8. The summed E-state index contributed by atoms with van der Waals surface area (Å²) in [6, 6.07) is 20.6. The van der Waals surface area contributed by atoms with Crippen LogP contribution in [0.15, 0.2) is 72.8 Å². The van der Waals surface area contributed by atoms with Crippen LogP contribution in [0.5, 0.6) is 17.2 Å². The Hall–Kier alpha value is -4.33. The molecule has 3 aromatic carbocycles. The second-order valence-corrected chi connectivity index (χ2v) is 7.64. The van der Waals surface area contributed by atoms with Gasteiger partial charge in [-0.1, -0.05) is 48.5 Å². The Morgan fingerprint density at radius 3 is 2.06 bits per heavy atom. The number of amides is 2. The van der Waals surface area contributed by atoms with E-state index in [2.05, 4.69) is 10.7 Å². The molecule has 8 heteroatoms. The van der Waals surface area contributed by atoms with Crippen LogP contribution in [-0.4, -0.2) is 50.1 Å². The Labute approximate surface area is 197 Å². The summed E-state index contributed by atoms with van der Waals surface area (Å²) in [5, 5.41) is 2.89. The van der Waals surface area contributed by atoms with E-state index in [0.29, 0.717) is 28.4 Å². The van der Waals surface area contributed by atoms with Crippen LogP contribution in [0, 0.1) is 0 Å². The van der Waals surface area contributed by atoms with Crippen molar-refractivity contribution in [2.45, 2.75) is 12.1 Å². The summed E-state index contributed by atoms with van der Waals surface area (Å²) < 4.78 is 18.0. The van der Waals surface area contributed by atoms with Crippen LogP contribution in [-0.2, 0) is 4.79 Å². The van der Waals surface area contributed by atoms with E-state index in [1.54, 1.807) is 61.5 Å². The van der Waals surface area contributed by atoms with Gasteiger partial charge >= 0.3 is 5.91 Å². The molecule has 1 aliphatic rings. The van der Waals surface area contributed by atoms with Crippen molar-refractivity contribution in [3.63, 3.8) is 0 Å². The van der Waals surface area contributed by atoms with Crippen molar-refractivity contribution in [1.82, 2.24) is 10.7 Å². The van der Waals surface area contributed by atoms with E-state index in [-0.39, 0.29) is 11.8 Å². The molecule has 1 fully saturated rings. The second kappa shape index (κ2) is 10.1. The zero-order chi connectivity index (χ0) is 24.1. The van der Waals surface area contributed by atoms with Crippen LogP contribution in [0.25, 0.3) is 0 Å². The maximum absolute atomic E-state index is 13.0. The standard InChI is InChI=1S/C26H25N3O5/c1-32-20-14-17(15-21(33-2)24(20)34-3)16-29-23(18-10-6-4-7-11-18)22(26(31)28-29)27-25(30)19-12-8-5-9-13-19/h4-16,22-23H,1-3H3,(H-,27,28,30,31)/p+1/b29-16-/t22-,23-/m0/s1. The SMILES string of the molecule is COc1cc(/C=[N+]2\NC(=O)[C@@H](NC(=O)c3ccccc3)[C@@H]2c2ccccc2)cc(OC)c1OC. The quantitative estimate of drug-likeness (QED) is 0.530. The Bertz CT molecular complexity index is 1190. The maximum atomic E-state index is 13.0. The number of ether oxygens (including phenoxy) is 3. The average Bonchev–Trinajstić information content (AvgIpc) is 3.18. The van der Waals surface area contributed by atoms with Crippen LogP contribution in [0.1, 0.15) is 27.5 Å². The van der Waals surface area contributed by atoms with Crippen LogP contribution in [0.2, 0.25) is 0 Å². The topological polar surface area (TPSA) is 88.9 Å². The normalized spacial score (nSPS) is 18.3. The first-order valence-electron chi connectivity index (χ1n) is 10.7. The summed E-state index contributed by atoms with van der Waals surface area (Å²) in [5.41, 5.74) is 4.93. The first-order chi connectivity index (χ1) is 16.5. The zero-order valence-corrected chi connectivity index (χ0v) is 19.1. The van der Waals surface area contributed by atoms with Gasteiger partial charge in [-0.05, 0) is 24.3 Å². The average molecular weight is 461 g/mol. The Morgan fingerprint density at radius 2 is 1.50 bits per heavy atom. The molecule has 0 saturated carbocycles. The zero-order valence-electron chi connectivity index (χ0n) is 19.1. The van der Waals surface area contributed by atoms with Gasteiger partial charge in [0.1, 0.15) is 0 Å². The summed E-state index contributed by atoms with van der Waals surface area (Å²) in [6.45, 7) is 0. The van der Waals surface area contributed by atoms with Gasteiger partial charge in [0.15, 0.2) is 17.5 Å². The van der Waals surface area contributed by atoms with Crippen LogP contribution in [0.4, 0.5) is 0 Å². The molecule has 3 aromatic rings. The molecule has 2 N–H and O–H groups in total. The lowest BCUT2D eigenvalue weighted by atomic mass is 10.00. The van der Waals surface area contributed by atoms with Crippen molar-refractivity contribution < 1.29 is 28.5 Å². The Morgan fingerprint density at radius 1 is 0.912 bits per heavy atom. The number of nitrogens with one attached hydrogen (secondary N) is 2. The molecule has 1 heterocycles. The molecule has 34 heavy (non-hydrogen) atoms. The smallest absolute Gasteiger partial charge is 0.304 e. The molecule has 0 radical (unpaired) electrons. The number of methoxy groups -OCH3 is 3. The second-order valence-electron chi connectivity index (χ2n) is 7.64. The van der Waals surface area contributed by atoms with E-state index in [9.17, 15) is 9.59 Å². The summed E-state index contributed by atoms with van der Waals surface area (Å²) in [4.78, 5) is 25.9. The van der Waals surface area contributed by atoms with E-state index in [0.717, 1.165) is 5.56 Å². The van der Waals surface area contributed by atoms with Crippen molar-refractivity contribution in [1.29, 1.82) is 0 Å². The van der Waals surface area contributed by atoms with Gasteiger partial charge in [0.2, 0.25) is 18.0 Å². The number of hydrazone groups is 1. The summed E-state index contributed by atoms with van der Waals surface area (Å²) in [7, 11) is 4.62. The number of benzene rings is 3. The minimum atomic E-state index is -0.812. The van der Waals surface area contributed by atoms with Gasteiger partial charge in [-0.3, -0.25) is 9.59 Å². The van der Waals surface area contributed by atoms with Crippen LogP contribution in [0.3, 0.4) is 0 Å². The van der Waals surface area contributed by atoms with Gasteiger partial charge in [0.25, 0.3) is 5.91 Å². The number of hydrazine groups is 1. The van der Waals surface area contributed by atoms with E-state index < -0.39 is 12.1 Å². The van der Waals surface area contributed by atoms with E-state index in [1.807, 2.05) is 36.4 Å². The predicted molar refractivity (Wildman–Crippen MR) is 127 cm³/mol. The summed E-state index contributed by atoms with van der Waals surface area (Å²) in [5.74, 6) is 0.811. The van der Waals surface area contributed by atoms with Crippen molar-refractivity contribution in [3.8, 4) is 17.2 Å². The lowest BCUT2D eigenvalue weighted by Crippen LogP contribution is -2.42. The molecule has 8 nitrogen and oxygen atoms in total. The fourth-order valence-corrected chi connectivity index (χ4v) is 3.98. The molecule has 4 rings (SSSR count). The fourth-order valence-electron chi connectivity index (χ4n) is 3.98. The third-order valence-corrected chi connectivity index (χ3v) is 5.58. The van der Waals surface area contributed by atoms with Gasteiger partial charge in [0, 0.05) is 16.7 Å². The molecule has 0 unspecified atom stereocenters. The molecular formula is C26H26N3O5+. The Kier molecular flexibility index (Phi) is 6.77. The van der Waals surface area contributed by atoms with E-state index in [4.69, 9.17) is 14.2 Å². The molecule has 2 atom stereocenters. The van der Waals surface area contributed by atoms with Crippen molar-refractivity contribution in [3.05, 3.63) is 89.5 Å². The molecule has 1 saturated heterocycles. The minimum Gasteiger partial charge on any atom is -0.493 e. The summed E-state index contributed by atoms with van der Waals surface area (Å²) >= 11 is 0. The molecule has 1 aliphatic heterocycles. The third kappa shape index (κ3) is 4.56. The highest BCUT2D eigenvalue weighted by Crippen LogP contribution is 2.38. The highest BCUT2D eigenvalue weighted by Gasteiger charge is 2.47. The van der Waals surface area contributed by atoms with Crippen LogP contribution < -0.4 is 25.0 Å². The maximum Gasteiger partial charge on any atom is 0.304 e. The van der Waals surface area contributed by atoms with Gasteiger partial charge in [-0.25, -0.2) is 0 Å².